The number of rotatable bonds is 9. The summed E-state index contributed by atoms with van der Waals surface area (Å²) in [6, 6.07) is 15.0. The number of aryl methyl sites for hydroxylation is 1. The average molecular weight is 498 g/mol. The molecule has 0 saturated carbocycles. The Kier molecular flexibility index (Phi) is 8.18. The summed E-state index contributed by atoms with van der Waals surface area (Å²) in [6.07, 6.45) is 0.0224. The van der Waals surface area contributed by atoms with E-state index in [1.54, 1.807) is 11.6 Å². The van der Waals surface area contributed by atoms with Crippen LogP contribution in [0, 0.1) is 22.7 Å². The average Bonchev–Trinajstić information content (AvgIpc) is 3.15. The molecule has 0 aliphatic heterocycles. The number of carbonyl (C=O) groups is 1. The molecule has 0 spiro atoms. The Bertz CT molecular complexity index is 1420. The number of ether oxygens (including phenoxy) is 1. The molecule has 2 aromatic carbocycles. The van der Waals surface area contributed by atoms with Crippen molar-refractivity contribution in [2.24, 2.45) is 12.0 Å². The number of fused-ring (bicyclic) bond motifs is 1. The van der Waals surface area contributed by atoms with Crippen LogP contribution in [0.15, 0.2) is 52.4 Å². The molecule has 1 amide bonds. The molecule has 0 aliphatic rings. The van der Waals surface area contributed by atoms with Crippen LogP contribution in [0.4, 0.5) is 0 Å². The van der Waals surface area contributed by atoms with Crippen molar-refractivity contribution in [3.63, 3.8) is 0 Å². The fourth-order valence-electron chi connectivity index (χ4n) is 3.32. The Labute approximate surface area is 201 Å². The number of nitriles is 2. The summed E-state index contributed by atoms with van der Waals surface area (Å²) in [5, 5.41) is 17.6. The molecule has 0 radical (unpaired) electrons. The van der Waals surface area contributed by atoms with Gasteiger partial charge < -0.3 is 9.30 Å². The van der Waals surface area contributed by atoms with Crippen LogP contribution in [0.2, 0.25) is 0 Å². The molecule has 0 aliphatic carbocycles. The van der Waals surface area contributed by atoms with Gasteiger partial charge in [-0.15, -0.1) is 0 Å². The minimum Gasteiger partial charge on any atom is -0.492 e. The Hall–Kier alpha value is -3.51. The number of aromatic nitrogens is 1. The van der Waals surface area contributed by atoms with Crippen molar-refractivity contribution in [2.45, 2.75) is 24.7 Å². The molecule has 0 unspecified atom stereocenters. The van der Waals surface area contributed by atoms with Gasteiger partial charge in [-0.3, -0.25) is 4.79 Å². The van der Waals surface area contributed by atoms with Gasteiger partial charge in [-0.1, -0.05) is 17.4 Å². The van der Waals surface area contributed by atoms with Crippen molar-refractivity contribution < 1.29 is 17.9 Å². The van der Waals surface area contributed by atoms with Crippen LogP contribution in [0.3, 0.4) is 0 Å². The first-order chi connectivity index (χ1) is 16.3. The number of amides is 1. The monoisotopic (exact) mass is 497 g/mol. The summed E-state index contributed by atoms with van der Waals surface area (Å²) in [5.41, 5.74) is 1.08. The van der Waals surface area contributed by atoms with E-state index >= 15 is 0 Å². The van der Waals surface area contributed by atoms with E-state index in [0.717, 1.165) is 14.5 Å². The number of para-hydroxylation sites is 1. The van der Waals surface area contributed by atoms with Crippen LogP contribution in [-0.2, 0) is 17.1 Å². The van der Waals surface area contributed by atoms with Crippen LogP contribution in [0.5, 0.6) is 5.75 Å². The van der Waals surface area contributed by atoms with Crippen molar-refractivity contribution in [1.29, 1.82) is 10.5 Å². The minimum absolute atomic E-state index is 0.0112. The second-order valence-corrected chi connectivity index (χ2v) is 10.1. The molecular formula is C23H23N5O4S2. The molecule has 3 aromatic rings. The molecule has 1 aromatic heterocycles. The van der Waals surface area contributed by atoms with E-state index in [1.807, 2.05) is 37.3 Å². The Morgan fingerprint density at radius 2 is 1.76 bits per heavy atom. The van der Waals surface area contributed by atoms with Crippen LogP contribution in [-0.4, -0.2) is 42.9 Å². The van der Waals surface area contributed by atoms with Crippen molar-refractivity contribution in [3.05, 3.63) is 52.8 Å². The number of carbonyl (C=O) groups excluding carboxylic acids is 1. The normalized spacial score (nSPS) is 12.0. The lowest BCUT2D eigenvalue weighted by molar-refractivity contribution is 0.0998. The maximum atomic E-state index is 12.9. The van der Waals surface area contributed by atoms with Crippen molar-refractivity contribution >= 4 is 37.5 Å². The largest absolute Gasteiger partial charge is 0.492 e. The molecular weight excluding hydrogens is 474 g/mol. The highest BCUT2D eigenvalue weighted by Gasteiger charge is 2.24. The lowest BCUT2D eigenvalue weighted by Crippen LogP contribution is -2.32. The van der Waals surface area contributed by atoms with Crippen LogP contribution in [0.1, 0.15) is 30.1 Å². The highest BCUT2D eigenvalue weighted by atomic mass is 32.2. The highest BCUT2D eigenvalue weighted by Crippen LogP contribution is 2.27. The molecule has 0 saturated heterocycles. The van der Waals surface area contributed by atoms with Crippen LogP contribution in [0.25, 0.3) is 10.2 Å². The highest BCUT2D eigenvalue weighted by molar-refractivity contribution is 7.89. The molecule has 0 atom stereocenters. The summed E-state index contributed by atoms with van der Waals surface area (Å²) in [6.45, 7) is 2.39. The third kappa shape index (κ3) is 5.34. The zero-order valence-corrected chi connectivity index (χ0v) is 20.4. The second kappa shape index (κ2) is 11.1. The first kappa shape index (κ1) is 25.1. The number of nitrogens with zero attached hydrogens (tertiary/aromatic N) is 5. The first-order valence-electron chi connectivity index (χ1n) is 10.5. The maximum absolute atomic E-state index is 12.9. The van der Waals surface area contributed by atoms with E-state index in [-0.39, 0.29) is 36.4 Å². The van der Waals surface area contributed by atoms with E-state index in [4.69, 9.17) is 15.3 Å². The van der Waals surface area contributed by atoms with Gasteiger partial charge in [0.25, 0.3) is 5.91 Å². The van der Waals surface area contributed by atoms with E-state index in [2.05, 4.69) is 4.99 Å². The number of hydrogen-bond donors (Lipinski definition) is 0. The lowest BCUT2D eigenvalue weighted by Gasteiger charge is -2.20. The Balaban J connectivity index is 1.90. The predicted molar refractivity (Wildman–Crippen MR) is 128 cm³/mol. The van der Waals surface area contributed by atoms with Crippen molar-refractivity contribution in [1.82, 2.24) is 8.87 Å². The third-order valence-electron chi connectivity index (χ3n) is 4.97. The van der Waals surface area contributed by atoms with Gasteiger partial charge >= 0.3 is 0 Å². The van der Waals surface area contributed by atoms with Gasteiger partial charge in [-0.25, -0.2) is 8.42 Å². The van der Waals surface area contributed by atoms with Crippen LogP contribution >= 0.6 is 11.3 Å². The molecule has 0 bridgehead atoms. The summed E-state index contributed by atoms with van der Waals surface area (Å²) in [4.78, 5) is 17.5. The molecule has 176 valence electrons. The molecule has 1 heterocycles. The Morgan fingerprint density at radius 1 is 1.12 bits per heavy atom. The summed E-state index contributed by atoms with van der Waals surface area (Å²) in [5.74, 6) is 0.203. The third-order valence-corrected chi connectivity index (χ3v) is 7.98. The minimum atomic E-state index is -3.91. The zero-order valence-electron chi connectivity index (χ0n) is 18.8. The molecule has 34 heavy (non-hydrogen) atoms. The molecule has 0 N–H and O–H groups in total. The lowest BCUT2D eigenvalue weighted by atomic mass is 10.2. The number of benzene rings is 2. The Morgan fingerprint density at radius 3 is 2.35 bits per heavy atom. The SMILES string of the molecule is CCOc1cccc2sc(=NC(=O)c3ccc(S(=O)(=O)N(CCC#N)CCC#N)cc3)n(C)c12. The van der Waals surface area contributed by atoms with Crippen LogP contribution < -0.4 is 9.54 Å². The smallest absolute Gasteiger partial charge is 0.279 e. The standard InChI is InChI=1S/C23H23N5O4S2/c1-3-32-19-7-4-8-20-21(19)27(2)23(33-20)26-22(29)17-9-11-18(12-10-17)34(30,31)28(15-5-13-24)16-6-14-25/h4,7-12H,3,5-6,15-16H2,1-2H3. The van der Waals surface area contributed by atoms with Gasteiger partial charge in [0.1, 0.15) is 11.3 Å². The summed E-state index contributed by atoms with van der Waals surface area (Å²) >= 11 is 1.35. The van der Waals surface area contributed by atoms with Gasteiger partial charge in [0, 0.05) is 38.5 Å². The van der Waals surface area contributed by atoms with Gasteiger partial charge in [-0.2, -0.15) is 19.8 Å². The first-order valence-corrected chi connectivity index (χ1v) is 12.7. The fraction of sp³-hybridized carbons (Fsp3) is 0.304. The van der Waals surface area contributed by atoms with Gasteiger partial charge in [-0.05, 0) is 43.3 Å². The predicted octanol–water partition coefficient (Wildman–Crippen LogP) is 3.20. The van der Waals surface area contributed by atoms with Crippen molar-refractivity contribution in [3.8, 4) is 17.9 Å². The molecule has 9 nitrogen and oxygen atoms in total. The van der Waals surface area contributed by atoms with Gasteiger partial charge in [0.05, 0.1) is 28.3 Å². The number of hydrogen-bond acceptors (Lipinski definition) is 7. The van der Waals surface area contributed by atoms with Gasteiger partial charge in [0.2, 0.25) is 10.0 Å². The van der Waals surface area contributed by atoms with E-state index in [0.29, 0.717) is 17.2 Å². The molecule has 0 fully saturated rings. The summed E-state index contributed by atoms with van der Waals surface area (Å²) in [7, 11) is -2.10. The maximum Gasteiger partial charge on any atom is 0.279 e. The second-order valence-electron chi connectivity index (χ2n) is 7.14. The topological polar surface area (TPSA) is 129 Å². The number of thiazole rings is 1. The van der Waals surface area contributed by atoms with Crippen molar-refractivity contribution in [2.75, 3.05) is 19.7 Å². The van der Waals surface area contributed by atoms with E-state index in [1.165, 1.54) is 35.6 Å². The fourth-order valence-corrected chi connectivity index (χ4v) is 5.79. The van der Waals surface area contributed by atoms with E-state index < -0.39 is 15.9 Å². The molecule has 3 rings (SSSR count). The zero-order chi connectivity index (χ0) is 24.7. The van der Waals surface area contributed by atoms with Gasteiger partial charge in [0.15, 0.2) is 4.80 Å². The summed E-state index contributed by atoms with van der Waals surface area (Å²) < 4.78 is 35.4. The quantitative estimate of drug-likeness (QED) is 0.446. The van der Waals surface area contributed by atoms with E-state index in [9.17, 15) is 13.2 Å². The molecule has 11 heteroatoms. The number of sulfonamides is 1.